The Morgan fingerprint density at radius 3 is 2.62 bits per heavy atom. The number of hydrogen-bond acceptors (Lipinski definition) is 2. The molecule has 0 fully saturated rings. The maximum absolute atomic E-state index is 4.00. The molecule has 0 atom stereocenters. The molecule has 0 radical (unpaired) electrons. The summed E-state index contributed by atoms with van der Waals surface area (Å²) in [5, 5.41) is 3.28. The highest BCUT2D eigenvalue weighted by molar-refractivity contribution is 5.28. The van der Waals surface area contributed by atoms with Gasteiger partial charge in [0.25, 0.3) is 0 Å². The second kappa shape index (κ2) is 6.58. The van der Waals surface area contributed by atoms with Crippen LogP contribution >= 0.6 is 0 Å². The molecule has 1 heterocycles. The van der Waals surface area contributed by atoms with E-state index in [1.165, 1.54) is 17.7 Å². The van der Waals surface area contributed by atoms with E-state index in [1.54, 1.807) is 0 Å². The van der Waals surface area contributed by atoms with E-state index in [2.05, 4.69) is 37.0 Å². The van der Waals surface area contributed by atoms with Crippen molar-refractivity contribution in [3.05, 3.63) is 24.0 Å². The fraction of sp³-hybridized carbons (Fsp3) is 0.636. The molecule has 0 aliphatic carbocycles. The van der Waals surface area contributed by atoms with Crippen molar-refractivity contribution < 1.29 is 0 Å². The van der Waals surface area contributed by atoms with Crippen LogP contribution in [0.2, 0.25) is 0 Å². The summed E-state index contributed by atoms with van der Waals surface area (Å²) in [7, 11) is 2.05. The lowest BCUT2D eigenvalue weighted by atomic mass is 10.1. The van der Waals surface area contributed by atoms with Crippen LogP contribution in [0.5, 0.6) is 0 Å². The van der Waals surface area contributed by atoms with Crippen LogP contribution in [0.1, 0.15) is 33.6 Å². The van der Waals surface area contributed by atoms with Crippen LogP contribution in [-0.4, -0.2) is 18.6 Å². The average molecular weight is 182 g/mol. The molecule has 0 aromatic heterocycles. The molecular weight excluding hydrogens is 160 g/mol. The molecular formula is C11H22N2. The fourth-order valence-corrected chi connectivity index (χ4v) is 1.17. The summed E-state index contributed by atoms with van der Waals surface area (Å²) in [5.74, 6) is 0. The van der Waals surface area contributed by atoms with Crippen LogP contribution in [0, 0.1) is 0 Å². The molecule has 0 aromatic rings. The normalized spacial score (nSPS) is 14.2. The lowest BCUT2D eigenvalue weighted by Crippen LogP contribution is -2.17. The molecule has 0 saturated heterocycles. The largest absolute Gasteiger partial charge is 0.366 e. The number of hydrogen-bond donors (Lipinski definition) is 1. The van der Waals surface area contributed by atoms with Gasteiger partial charge in [-0.25, -0.2) is 0 Å². The van der Waals surface area contributed by atoms with E-state index < -0.39 is 0 Å². The van der Waals surface area contributed by atoms with Crippen LogP contribution in [-0.2, 0) is 0 Å². The summed E-state index contributed by atoms with van der Waals surface area (Å²) >= 11 is 0. The Morgan fingerprint density at radius 2 is 2.23 bits per heavy atom. The molecule has 0 unspecified atom stereocenters. The van der Waals surface area contributed by atoms with Gasteiger partial charge in [-0.05, 0) is 12.0 Å². The Balaban J connectivity index is 0.000000671. The Morgan fingerprint density at radius 1 is 1.62 bits per heavy atom. The maximum atomic E-state index is 4.00. The molecule has 76 valence electrons. The molecule has 0 spiro atoms. The first-order valence-electron chi connectivity index (χ1n) is 5.08. The quantitative estimate of drug-likeness (QED) is 0.722. The molecule has 0 amide bonds. The third-order valence-electron chi connectivity index (χ3n) is 1.80. The summed E-state index contributed by atoms with van der Waals surface area (Å²) in [6.07, 6.45) is 4.37. The third-order valence-corrected chi connectivity index (χ3v) is 1.80. The highest BCUT2D eigenvalue weighted by atomic mass is 15.2. The Labute approximate surface area is 82.3 Å². The van der Waals surface area contributed by atoms with Crippen molar-refractivity contribution in [2.24, 2.45) is 0 Å². The highest BCUT2D eigenvalue weighted by Gasteiger charge is 2.08. The van der Waals surface area contributed by atoms with E-state index >= 15 is 0 Å². The van der Waals surface area contributed by atoms with E-state index in [4.69, 9.17) is 0 Å². The van der Waals surface area contributed by atoms with Gasteiger partial charge in [-0.1, -0.05) is 33.8 Å². The van der Waals surface area contributed by atoms with E-state index in [9.17, 15) is 0 Å². The van der Waals surface area contributed by atoms with Crippen molar-refractivity contribution in [3.63, 3.8) is 0 Å². The van der Waals surface area contributed by atoms with Crippen molar-refractivity contribution in [1.82, 2.24) is 10.2 Å². The maximum Gasteiger partial charge on any atom is 0.0869 e. The predicted molar refractivity (Wildman–Crippen MR) is 59.2 cm³/mol. The van der Waals surface area contributed by atoms with Gasteiger partial charge in [0, 0.05) is 13.2 Å². The molecule has 0 aromatic carbocycles. The van der Waals surface area contributed by atoms with Gasteiger partial charge in [0.2, 0.25) is 0 Å². The van der Waals surface area contributed by atoms with Crippen LogP contribution in [0.15, 0.2) is 24.0 Å². The zero-order valence-electron chi connectivity index (χ0n) is 9.35. The van der Waals surface area contributed by atoms with Gasteiger partial charge in [-0.3, -0.25) is 0 Å². The van der Waals surface area contributed by atoms with Gasteiger partial charge in [-0.2, -0.15) is 0 Å². The number of nitrogens with zero attached hydrogens (tertiary/aromatic N) is 1. The van der Waals surface area contributed by atoms with Crippen LogP contribution < -0.4 is 5.32 Å². The smallest absolute Gasteiger partial charge is 0.0869 e. The topological polar surface area (TPSA) is 15.3 Å². The van der Waals surface area contributed by atoms with E-state index in [1.807, 2.05) is 13.8 Å². The second-order valence-electron chi connectivity index (χ2n) is 2.99. The standard InChI is InChI=1S/C9H16N2.C2H6/c1-4-5-8(2)9-6-11(3)7-10-9;1-2/h6,10H,2,4-5,7H2,1,3H3;1-2H3. The molecule has 0 bridgehead atoms. The number of allylic oxidation sites excluding steroid dienone is 1. The first kappa shape index (κ1) is 12.1. The monoisotopic (exact) mass is 182 g/mol. The molecule has 1 aliphatic rings. The van der Waals surface area contributed by atoms with Gasteiger partial charge in [0.15, 0.2) is 0 Å². The molecule has 0 saturated carbocycles. The van der Waals surface area contributed by atoms with Crippen LogP contribution in [0.4, 0.5) is 0 Å². The second-order valence-corrected chi connectivity index (χ2v) is 2.99. The van der Waals surface area contributed by atoms with E-state index in [0.29, 0.717) is 0 Å². The third kappa shape index (κ3) is 4.02. The summed E-state index contributed by atoms with van der Waals surface area (Å²) in [6, 6.07) is 0. The molecule has 2 heteroatoms. The van der Waals surface area contributed by atoms with Crippen molar-refractivity contribution in [3.8, 4) is 0 Å². The van der Waals surface area contributed by atoms with Gasteiger partial charge < -0.3 is 10.2 Å². The minimum Gasteiger partial charge on any atom is -0.366 e. The van der Waals surface area contributed by atoms with Gasteiger partial charge >= 0.3 is 0 Å². The number of rotatable bonds is 3. The average Bonchev–Trinajstić information content (AvgIpc) is 2.56. The lowest BCUT2D eigenvalue weighted by molar-refractivity contribution is 0.473. The van der Waals surface area contributed by atoms with Crippen molar-refractivity contribution in [2.75, 3.05) is 13.7 Å². The molecule has 1 rings (SSSR count). The Kier molecular flexibility index (Phi) is 6.11. The van der Waals surface area contributed by atoms with Crippen molar-refractivity contribution in [2.45, 2.75) is 33.6 Å². The predicted octanol–water partition coefficient (Wildman–Crippen LogP) is 2.70. The van der Waals surface area contributed by atoms with Gasteiger partial charge in [-0.15, -0.1) is 0 Å². The first-order chi connectivity index (χ1) is 6.24. The fourth-order valence-electron chi connectivity index (χ4n) is 1.17. The molecule has 1 aliphatic heterocycles. The number of nitrogens with one attached hydrogen (secondary N) is 1. The minimum absolute atomic E-state index is 0.915. The van der Waals surface area contributed by atoms with E-state index in [-0.39, 0.29) is 0 Å². The van der Waals surface area contributed by atoms with Crippen LogP contribution in [0.3, 0.4) is 0 Å². The lowest BCUT2D eigenvalue weighted by Gasteiger charge is -2.04. The summed E-state index contributed by atoms with van der Waals surface area (Å²) in [6.45, 7) is 11.1. The minimum atomic E-state index is 0.915. The van der Waals surface area contributed by atoms with Crippen molar-refractivity contribution in [1.29, 1.82) is 0 Å². The summed E-state index contributed by atoms with van der Waals surface area (Å²) in [4.78, 5) is 2.12. The van der Waals surface area contributed by atoms with Crippen LogP contribution in [0.25, 0.3) is 0 Å². The van der Waals surface area contributed by atoms with Crippen molar-refractivity contribution >= 4 is 0 Å². The molecule has 13 heavy (non-hydrogen) atoms. The summed E-state index contributed by atoms with van der Waals surface area (Å²) < 4.78 is 0. The van der Waals surface area contributed by atoms with E-state index in [0.717, 1.165) is 13.1 Å². The molecule has 2 nitrogen and oxygen atoms in total. The summed E-state index contributed by atoms with van der Waals surface area (Å²) in [5.41, 5.74) is 2.42. The molecule has 1 N–H and O–H groups in total. The zero-order chi connectivity index (χ0) is 10.3. The highest BCUT2D eigenvalue weighted by Crippen LogP contribution is 2.14. The zero-order valence-corrected chi connectivity index (χ0v) is 9.35. The Bertz CT molecular complexity index is 183. The van der Waals surface area contributed by atoms with Gasteiger partial charge in [0.05, 0.1) is 12.4 Å². The Hall–Kier alpha value is -0.920. The first-order valence-corrected chi connectivity index (χ1v) is 5.08. The SMILES string of the molecule is C=C(CCC)C1=CN(C)CN1.CC. The van der Waals surface area contributed by atoms with Gasteiger partial charge in [0.1, 0.15) is 0 Å².